The van der Waals surface area contributed by atoms with E-state index >= 15 is 0 Å². The van der Waals surface area contributed by atoms with E-state index in [0.717, 1.165) is 4.60 Å². The van der Waals surface area contributed by atoms with Crippen LogP contribution in [0.15, 0.2) is 10.7 Å². The molecule has 3 N–H and O–H groups in total. The first-order chi connectivity index (χ1) is 6.74. The van der Waals surface area contributed by atoms with Gasteiger partial charge in [0.15, 0.2) is 0 Å². The average Bonchev–Trinajstić information content (AvgIpc) is 2.54. The zero-order valence-corrected chi connectivity index (χ0v) is 9.42. The number of nitrogen functional groups attached to an aromatic ring is 1. The molecule has 1 fully saturated rings. The number of rotatable bonds is 2. The fourth-order valence-corrected chi connectivity index (χ4v) is 2.15. The second kappa shape index (κ2) is 4.13. The molecule has 5 heteroatoms. The lowest BCUT2D eigenvalue weighted by Gasteiger charge is -2.11. The lowest BCUT2D eigenvalue weighted by molar-refractivity contribution is 0.744. The number of hydrogen-bond donors (Lipinski definition) is 2. The lowest BCUT2D eigenvalue weighted by atomic mass is 10.2. The van der Waals surface area contributed by atoms with E-state index in [1.54, 1.807) is 6.07 Å². The molecule has 1 saturated carbocycles. The Morgan fingerprint density at radius 1 is 1.36 bits per heavy atom. The summed E-state index contributed by atoms with van der Waals surface area (Å²) in [6.07, 6.45) is 4.99. The second-order valence-corrected chi connectivity index (χ2v) is 4.38. The summed E-state index contributed by atoms with van der Waals surface area (Å²) in [5.74, 6) is 1.12. The van der Waals surface area contributed by atoms with Crippen molar-refractivity contribution >= 4 is 27.7 Å². The highest BCUT2D eigenvalue weighted by molar-refractivity contribution is 9.10. The Morgan fingerprint density at radius 3 is 2.71 bits per heavy atom. The summed E-state index contributed by atoms with van der Waals surface area (Å²) in [7, 11) is 0. The van der Waals surface area contributed by atoms with Gasteiger partial charge in [-0.2, -0.15) is 4.98 Å². The van der Waals surface area contributed by atoms with E-state index in [9.17, 15) is 0 Å². The van der Waals surface area contributed by atoms with Crippen molar-refractivity contribution in [2.45, 2.75) is 31.7 Å². The lowest BCUT2D eigenvalue weighted by Crippen LogP contribution is -2.17. The second-order valence-electron chi connectivity index (χ2n) is 3.56. The van der Waals surface area contributed by atoms with Gasteiger partial charge in [-0.3, -0.25) is 0 Å². The van der Waals surface area contributed by atoms with Gasteiger partial charge >= 0.3 is 0 Å². The smallest absolute Gasteiger partial charge is 0.225 e. The Labute approximate surface area is 91.4 Å². The van der Waals surface area contributed by atoms with Gasteiger partial charge in [0.2, 0.25) is 5.95 Å². The highest BCUT2D eigenvalue weighted by Gasteiger charge is 2.15. The zero-order valence-electron chi connectivity index (χ0n) is 7.83. The van der Waals surface area contributed by atoms with Crippen LogP contribution in [0.1, 0.15) is 25.7 Å². The van der Waals surface area contributed by atoms with Crippen molar-refractivity contribution in [1.29, 1.82) is 0 Å². The molecule has 0 atom stereocenters. The molecule has 1 heterocycles. The average molecular weight is 257 g/mol. The molecule has 14 heavy (non-hydrogen) atoms. The van der Waals surface area contributed by atoms with Crippen LogP contribution in [0.5, 0.6) is 0 Å². The van der Waals surface area contributed by atoms with Crippen LogP contribution in [-0.2, 0) is 0 Å². The van der Waals surface area contributed by atoms with E-state index in [1.807, 2.05) is 0 Å². The summed E-state index contributed by atoms with van der Waals surface area (Å²) in [4.78, 5) is 8.34. The van der Waals surface area contributed by atoms with Crippen LogP contribution < -0.4 is 11.1 Å². The molecule has 0 saturated heterocycles. The minimum atomic E-state index is 0.493. The predicted molar refractivity (Wildman–Crippen MR) is 60.0 cm³/mol. The Kier molecular flexibility index (Phi) is 2.86. The van der Waals surface area contributed by atoms with E-state index in [2.05, 4.69) is 31.2 Å². The number of nitrogens with zero attached hydrogens (tertiary/aromatic N) is 2. The maximum atomic E-state index is 5.61. The van der Waals surface area contributed by atoms with E-state index in [0.29, 0.717) is 17.8 Å². The molecule has 2 rings (SSSR count). The van der Waals surface area contributed by atoms with Gasteiger partial charge in [0, 0.05) is 12.1 Å². The molecule has 0 bridgehead atoms. The van der Waals surface area contributed by atoms with E-state index in [4.69, 9.17) is 5.73 Å². The Balaban J connectivity index is 2.07. The summed E-state index contributed by atoms with van der Waals surface area (Å²) in [6.45, 7) is 0. The highest BCUT2D eigenvalue weighted by Crippen LogP contribution is 2.21. The molecule has 0 aliphatic heterocycles. The molecule has 1 aromatic heterocycles. The Bertz CT molecular complexity index is 302. The van der Waals surface area contributed by atoms with Crippen molar-refractivity contribution < 1.29 is 0 Å². The fraction of sp³-hybridized carbons (Fsp3) is 0.556. The van der Waals surface area contributed by atoms with Crippen LogP contribution in [0, 0.1) is 0 Å². The van der Waals surface area contributed by atoms with Crippen LogP contribution in [0.4, 0.5) is 11.8 Å². The van der Waals surface area contributed by atoms with Gasteiger partial charge in [-0.25, -0.2) is 4.98 Å². The summed E-state index contributed by atoms with van der Waals surface area (Å²) >= 11 is 3.29. The third-order valence-corrected chi connectivity index (χ3v) is 2.81. The number of nitrogens with two attached hydrogens (primary N) is 1. The van der Waals surface area contributed by atoms with Gasteiger partial charge in [0.05, 0.1) is 0 Å². The Hall–Kier alpha value is -0.840. The van der Waals surface area contributed by atoms with Crippen molar-refractivity contribution in [3.8, 4) is 0 Å². The maximum absolute atomic E-state index is 5.61. The van der Waals surface area contributed by atoms with Crippen LogP contribution in [-0.4, -0.2) is 16.0 Å². The monoisotopic (exact) mass is 256 g/mol. The van der Waals surface area contributed by atoms with Crippen molar-refractivity contribution in [1.82, 2.24) is 9.97 Å². The number of hydrogen-bond acceptors (Lipinski definition) is 4. The summed E-state index contributed by atoms with van der Waals surface area (Å²) in [6, 6.07) is 2.21. The third-order valence-electron chi connectivity index (χ3n) is 2.40. The van der Waals surface area contributed by atoms with Gasteiger partial charge < -0.3 is 11.1 Å². The first-order valence-electron chi connectivity index (χ1n) is 4.80. The zero-order chi connectivity index (χ0) is 9.97. The maximum Gasteiger partial charge on any atom is 0.225 e. The molecule has 0 aromatic carbocycles. The van der Waals surface area contributed by atoms with Crippen LogP contribution in [0.3, 0.4) is 0 Å². The van der Waals surface area contributed by atoms with Gasteiger partial charge in [0.25, 0.3) is 0 Å². The van der Waals surface area contributed by atoms with Gasteiger partial charge in [-0.15, -0.1) is 0 Å². The molecule has 4 nitrogen and oxygen atoms in total. The first kappa shape index (κ1) is 9.71. The van der Waals surface area contributed by atoms with E-state index < -0.39 is 0 Å². The molecule has 0 radical (unpaired) electrons. The highest BCUT2D eigenvalue weighted by atomic mass is 79.9. The standard InChI is InChI=1S/C9H13BrN4/c10-7-5-8(11)14-9(13-7)12-6-3-1-2-4-6/h5-6H,1-4H2,(H3,11,12,13,14). The van der Waals surface area contributed by atoms with Crippen molar-refractivity contribution in [3.05, 3.63) is 10.7 Å². The molecule has 0 amide bonds. The number of nitrogens with one attached hydrogen (secondary N) is 1. The van der Waals surface area contributed by atoms with Crippen molar-refractivity contribution in [3.63, 3.8) is 0 Å². The van der Waals surface area contributed by atoms with Gasteiger partial charge in [-0.05, 0) is 28.8 Å². The summed E-state index contributed by atoms with van der Waals surface area (Å²) in [5.41, 5.74) is 5.61. The fourth-order valence-electron chi connectivity index (χ4n) is 1.75. The van der Waals surface area contributed by atoms with Gasteiger partial charge in [-0.1, -0.05) is 12.8 Å². The number of halogens is 1. The van der Waals surface area contributed by atoms with Crippen LogP contribution in [0.25, 0.3) is 0 Å². The predicted octanol–water partition coefficient (Wildman–Crippen LogP) is 2.18. The quantitative estimate of drug-likeness (QED) is 0.797. The summed E-state index contributed by atoms with van der Waals surface area (Å²) in [5, 5.41) is 3.29. The third kappa shape index (κ3) is 2.35. The summed E-state index contributed by atoms with van der Waals surface area (Å²) < 4.78 is 0.727. The SMILES string of the molecule is Nc1cc(Br)nc(NC2CCCC2)n1. The number of anilines is 2. The van der Waals surface area contributed by atoms with E-state index in [-0.39, 0.29) is 0 Å². The largest absolute Gasteiger partial charge is 0.383 e. The van der Waals surface area contributed by atoms with E-state index in [1.165, 1.54) is 25.7 Å². The van der Waals surface area contributed by atoms with Crippen molar-refractivity contribution in [2.75, 3.05) is 11.1 Å². The minimum absolute atomic E-state index is 0.493. The molecule has 1 aliphatic rings. The number of aromatic nitrogens is 2. The minimum Gasteiger partial charge on any atom is -0.383 e. The molecule has 1 aromatic rings. The van der Waals surface area contributed by atoms with Gasteiger partial charge in [0.1, 0.15) is 10.4 Å². The van der Waals surface area contributed by atoms with Crippen LogP contribution in [0.2, 0.25) is 0 Å². The first-order valence-corrected chi connectivity index (χ1v) is 5.60. The molecular weight excluding hydrogens is 244 g/mol. The topological polar surface area (TPSA) is 63.8 Å². The Morgan fingerprint density at radius 2 is 2.07 bits per heavy atom. The van der Waals surface area contributed by atoms with Crippen molar-refractivity contribution in [2.24, 2.45) is 0 Å². The molecule has 0 spiro atoms. The molecule has 0 unspecified atom stereocenters. The molecule has 76 valence electrons. The van der Waals surface area contributed by atoms with Crippen LogP contribution >= 0.6 is 15.9 Å². The molecular formula is C9H13BrN4. The molecule has 1 aliphatic carbocycles. The normalized spacial score (nSPS) is 17.2.